The molecule has 4 heteroatoms. The Morgan fingerprint density at radius 1 is 1.05 bits per heavy atom. The van der Waals surface area contributed by atoms with E-state index in [0.717, 1.165) is 17.9 Å². The van der Waals surface area contributed by atoms with E-state index >= 15 is 0 Å². The molecule has 0 saturated heterocycles. The lowest BCUT2D eigenvalue weighted by Gasteiger charge is -2.20. The molecule has 3 rings (SSSR count). The molecule has 0 bridgehead atoms. The minimum Gasteiger partial charge on any atom is -0.468 e. The van der Waals surface area contributed by atoms with Crippen LogP contribution >= 0.6 is 11.3 Å². The molecule has 22 heavy (non-hydrogen) atoms. The summed E-state index contributed by atoms with van der Waals surface area (Å²) in [4.78, 5) is 4.87. The molecule has 1 aromatic carbocycles. The van der Waals surface area contributed by atoms with Gasteiger partial charge in [0.05, 0.1) is 12.8 Å². The van der Waals surface area contributed by atoms with E-state index in [-0.39, 0.29) is 5.82 Å². The van der Waals surface area contributed by atoms with Gasteiger partial charge in [0.1, 0.15) is 11.6 Å². The van der Waals surface area contributed by atoms with Crippen LogP contribution in [0.2, 0.25) is 0 Å². The van der Waals surface area contributed by atoms with Crippen molar-refractivity contribution in [2.24, 2.45) is 0 Å². The average Bonchev–Trinajstić information content (AvgIpc) is 3.11. The van der Waals surface area contributed by atoms with Crippen LogP contribution in [0.5, 0.6) is 0 Å². The lowest BCUT2D eigenvalue weighted by atomic mass is 10.2. The molecule has 0 amide bonds. The molecule has 0 aliphatic carbocycles. The van der Waals surface area contributed by atoms with Gasteiger partial charge >= 0.3 is 0 Å². The Morgan fingerprint density at radius 3 is 2.64 bits per heavy atom. The first-order valence-corrected chi connectivity index (χ1v) is 8.05. The van der Waals surface area contributed by atoms with Crippen LogP contribution in [0, 0.1) is 12.7 Å². The smallest absolute Gasteiger partial charge is 0.123 e. The first-order valence-electron chi connectivity index (χ1n) is 7.23. The molecule has 2 heterocycles. The average molecular weight is 315 g/mol. The third-order valence-electron chi connectivity index (χ3n) is 3.43. The summed E-state index contributed by atoms with van der Waals surface area (Å²) < 4.78 is 18.8. The summed E-state index contributed by atoms with van der Waals surface area (Å²) in [5, 5.41) is 0. The highest BCUT2D eigenvalue weighted by Crippen LogP contribution is 2.20. The monoisotopic (exact) mass is 315 g/mol. The molecule has 3 aromatic rings. The molecule has 0 spiro atoms. The zero-order valence-corrected chi connectivity index (χ0v) is 13.3. The maximum Gasteiger partial charge on any atom is 0.123 e. The Labute approximate surface area is 133 Å². The minimum absolute atomic E-state index is 0.192. The molecule has 0 aliphatic heterocycles. The zero-order chi connectivity index (χ0) is 15.4. The van der Waals surface area contributed by atoms with Crippen molar-refractivity contribution < 1.29 is 8.81 Å². The number of hydrogen-bond donors (Lipinski definition) is 0. The van der Waals surface area contributed by atoms with Crippen molar-refractivity contribution in [3.8, 4) is 0 Å². The summed E-state index contributed by atoms with van der Waals surface area (Å²) in [7, 11) is 0. The van der Waals surface area contributed by atoms with Crippen LogP contribution in [0.25, 0.3) is 0 Å². The molecule has 0 radical (unpaired) electrons. The fourth-order valence-electron chi connectivity index (χ4n) is 2.47. The van der Waals surface area contributed by atoms with Crippen molar-refractivity contribution >= 4 is 11.3 Å². The lowest BCUT2D eigenvalue weighted by Crippen LogP contribution is -2.21. The second-order valence-corrected chi connectivity index (χ2v) is 6.74. The zero-order valence-electron chi connectivity index (χ0n) is 12.5. The quantitative estimate of drug-likeness (QED) is 0.637. The van der Waals surface area contributed by atoms with Gasteiger partial charge in [-0.05, 0) is 48.9 Å². The largest absolute Gasteiger partial charge is 0.468 e. The van der Waals surface area contributed by atoms with Crippen LogP contribution in [0.3, 0.4) is 0 Å². The van der Waals surface area contributed by atoms with E-state index in [0.29, 0.717) is 13.1 Å². The van der Waals surface area contributed by atoms with Crippen molar-refractivity contribution in [1.82, 2.24) is 4.90 Å². The molecule has 0 unspecified atom stereocenters. The number of hydrogen-bond acceptors (Lipinski definition) is 3. The number of thiophene rings is 1. The Balaban J connectivity index is 1.75. The molecular formula is C18H18FNOS. The molecule has 2 nitrogen and oxygen atoms in total. The molecule has 2 aromatic heterocycles. The number of aryl methyl sites for hydroxylation is 1. The third kappa shape index (κ3) is 4.06. The van der Waals surface area contributed by atoms with Gasteiger partial charge < -0.3 is 4.42 Å². The molecule has 114 valence electrons. The van der Waals surface area contributed by atoms with Gasteiger partial charge in [-0.2, -0.15) is 0 Å². The number of nitrogens with zero attached hydrogens (tertiary/aromatic N) is 1. The van der Waals surface area contributed by atoms with Crippen LogP contribution in [0.1, 0.15) is 21.1 Å². The van der Waals surface area contributed by atoms with E-state index in [1.807, 2.05) is 18.2 Å². The van der Waals surface area contributed by atoms with Gasteiger partial charge in [0.25, 0.3) is 0 Å². The van der Waals surface area contributed by atoms with Crippen molar-refractivity contribution in [3.63, 3.8) is 0 Å². The highest BCUT2D eigenvalue weighted by Gasteiger charge is 2.11. The highest BCUT2D eigenvalue weighted by atomic mass is 32.1. The molecule has 0 atom stereocenters. The highest BCUT2D eigenvalue weighted by molar-refractivity contribution is 7.11. The predicted molar refractivity (Wildman–Crippen MR) is 87.1 cm³/mol. The number of benzene rings is 1. The fourth-order valence-corrected chi connectivity index (χ4v) is 3.41. The standard InChI is InChI=1S/C18H18FNOS/c1-14-7-8-18(22-14)13-20(12-17-6-3-9-21-17)11-15-4-2-5-16(19)10-15/h2-10H,11-13H2,1H3. The molecular weight excluding hydrogens is 297 g/mol. The fraction of sp³-hybridized carbons (Fsp3) is 0.222. The van der Waals surface area contributed by atoms with Gasteiger partial charge in [0.2, 0.25) is 0 Å². The normalized spacial score (nSPS) is 11.2. The summed E-state index contributed by atoms with van der Waals surface area (Å²) in [6.45, 7) is 4.34. The van der Waals surface area contributed by atoms with Gasteiger partial charge in [0.15, 0.2) is 0 Å². The third-order valence-corrected chi connectivity index (χ3v) is 4.42. The Bertz CT molecular complexity index is 720. The van der Waals surface area contributed by atoms with Gasteiger partial charge in [-0.1, -0.05) is 12.1 Å². The molecule has 0 aliphatic rings. The second-order valence-electron chi connectivity index (χ2n) is 5.37. The Morgan fingerprint density at radius 2 is 1.95 bits per heavy atom. The topological polar surface area (TPSA) is 16.4 Å². The minimum atomic E-state index is -0.192. The number of halogens is 1. The predicted octanol–water partition coefficient (Wildman–Crippen LogP) is 4.99. The first-order chi connectivity index (χ1) is 10.7. The van der Waals surface area contributed by atoms with E-state index in [2.05, 4.69) is 24.0 Å². The Kier molecular flexibility index (Phi) is 4.71. The summed E-state index contributed by atoms with van der Waals surface area (Å²) in [5.41, 5.74) is 0.972. The van der Waals surface area contributed by atoms with Gasteiger partial charge in [0, 0.05) is 22.8 Å². The van der Waals surface area contributed by atoms with Crippen LogP contribution in [-0.4, -0.2) is 4.90 Å². The number of furan rings is 1. The van der Waals surface area contributed by atoms with Crippen LogP contribution in [0.15, 0.2) is 59.2 Å². The second kappa shape index (κ2) is 6.90. The van der Waals surface area contributed by atoms with Crippen LogP contribution in [-0.2, 0) is 19.6 Å². The maximum atomic E-state index is 13.4. The summed E-state index contributed by atoms with van der Waals surface area (Å²) in [6.07, 6.45) is 1.69. The SMILES string of the molecule is Cc1ccc(CN(Cc2cccc(F)c2)Cc2ccco2)s1. The maximum absolute atomic E-state index is 13.4. The lowest BCUT2D eigenvalue weighted by molar-refractivity contribution is 0.228. The van der Waals surface area contributed by atoms with E-state index in [9.17, 15) is 4.39 Å². The van der Waals surface area contributed by atoms with E-state index in [1.165, 1.54) is 15.8 Å². The van der Waals surface area contributed by atoms with Crippen molar-refractivity contribution in [2.45, 2.75) is 26.6 Å². The molecule has 0 saturated carbocycles. The van der Waals surface area contributed by atoms with Crippen molar-refractivity contribution in [1.29, 1.82) is 0 Å². The van der Waals surface area contributed by atoms with E-state index < -0.39 is 0 Å². The first kappa shape index (κ1) is 15.0. The Hall–Kier alpha value is -1.91. The van der Waals surface area contributed by atoms with Crippen molar-refractivity contribution in [3.05, 3.63) is 81.7 Å². The van der Waals surface area contributed by atoms with Gasteiger partial charge in [-0.3, -0.25) is 4.90 Å². The van der Waals surface area contributed by atoms with Gasteiger partial charge in [-0.15, -0.1) is 11.3 Å². The summed E-state index contributed by atoms with van der Waals surface area (Å²) in [6, 6.07) is 14.9. The van der Waals surface area contributed by atoms with E-state index in [1.54, 1.807) is 29.7 Å². The summed E-state index contributed by atoms with van der Waals surface area (Å²) >= 11 is 1.80. The van der Waals surface area contributed by atoms with Gasteiger partial charge in [-0.25, -0.2) is 4.39 Å². The van der Waals surface area contributed by atoms with Crippen molar-refractivity contribution in [2.75, 3.05) is 0 Å². The molecule has 0 N–H and O–H groups in total. The van der Waals surface area contributed by atoms with Crippen LogP contribution in [0.4, 0.5) is 4.39 Å². The summed E-state index contributed by atoms with van der Waals surface area (Å²) in [5.74, 6) is 0.729. The van der Waals surface area contributed by atoms with Crippen LogP contribution < -0.4 is 0 Å². The number of rotatable bonds is 6. The van der Waals surface area contributed by atoms with E-state index in [4.69, 9.17) is 4.42 Å². The molecule has 0 fully saturated rings.